The highest BCUT2D eigenvalue weighted by atomic mass is 14.0. The summed E-state index contributed by atoms with van der Waals surface area (Å²) in [6.07, 6.45) is 11.0. The van der Waals surface area contributed by atoms with Gasteiger partial charge in [0.05, 0.1) is 0 Å². The first-order valence-electron chi connectivity index (χ1n) is 5.64. The summed E-state index contributed by atoms with van der Waals surface area (Å²) in [6.45, 7) is 8.66. The second kappa shape index (κ2) is 9.09. The SMILES string of the molecule is [CH2]C(CCC)CCCCCCC. The predicted molar refractivity (Wildman–Crippen MR) is 57.1 cm³/mol. The second-order valence-electron chi connectivity index (χ2n) is 3.86. The van der Waals surface area contributed by atoms with E-state index in [4.69, 9.17) is 0 Å². The standard InChI is InChI=1S/C12H25/c1-4-6-7-8-9-11-12(3)10-5-2/h12H,3-11H2,1-2H3. The van der Waals surface area contributed by atoms with E-state index in [1.165, 1.54) is 51.4 Å². The fourth-order valence-electron chi connectivity index (χ4n) is 1.59. The number of rotatable bonds is 8. The molecule has 0 fully saturated rings. The molecule has 0 aliphatic heterocycles. The molecule has 0 aliphatic rings. The molecule has 0 rings (SSSR count). The Bertz CT molecular complexity index is 76.1. The smallest absolute Gasteiger partial charge is 0.0414 e. The minimum absolute atomic E-state index is 0.719. The summed E-state index contributed by atoms with van der Waals surface area (Å²) in [7, 11) is 0. The number of hydrogen-bond acceptors (Lipinski definition) is 0. The lowest BCUT2D eigenvalue weighted by Crippen LogP contribution is -1.93. The van der Waals surface area contributed by atoms with Crippen LogP contribution in [0.2, 0.25) is 0 Å². The van der Waals surface area contributed by atoms with Crippen LogP contribution in [0.5, 0.6) is 0 Å². The van der Waals surface area contributed by atoms with Crippen LogP contribution in [-0.4, -0.2) is 0 Å². The molecule has 0 aliphatic carbocycles. The maximum atomic E-state index is 4.15. The van der Waals surface area contributed by atoms with Crippen molar-refractivity contribution in [3.8, 4) is 0 Å². The van der Waals surface area contributed by atoms with Gasteiger partial charge in [0.15, 0.2) is 0 Å². The summed E-state index contributed by atoms with van der Waals surface area (Å²) < 4.78 is 0. The van der Waals surface area contributed by atoms with Crippen LogP contribution in [0.1, 0.15) is 65.2 Å². The molecule has 1 radical (unpaired) electrons. The zero-order chi connectivity index (χ0) is 9.23. The van der Waals surface area contributed by atoms with Crippen molar-refractivity contribution in [2.45, 2.75) is 65.2 Å². The van der Waals surface area contributed by atoms with E-state index >= 15 is 0 Å². The zero-order valence-electron chi connectivity index (χ0n) is 8.94. The lowest BCUT2D eigenvalue weighted by atomic mass is 9.98. The third-order valence-electron chi connectivity index (χ3n) is 2.41. The van der Waals surface area contributed by atoms with Gasteiger partial charge >= 0.3 is 0 Å². The topological polar surface area (TPSA) is 0 Å². The maximum absolute atomic E-state index is 4.15. The summed E-state index contributed by atoms with van der Waals surface area (Å²) in [6, 6.07) is 0. The average molecular weight is 169 g/mol. The molecule has 0 aromatic carbocycles. The van der Waals surface area contributed by atoms with Gasteiger partial charge in [0.1, 0.15) is 0 Å². The Kier molecular flexibility index (Phi) is 9.09. The van der Waals surface area contributed by atoms with Gasteiger partial charge < -0.3 is 0 Å². The number of unbranched alkanes of at least 4 members (excludes halogenated alkanes) is 4. The van der Waals surface area contributed by atoms with Crippen molar-refractivity contribution in [1.82, 2.24) is 0 Å². The normalized spacial score (nSPS) is 13.2. The fraction of sp³-hybridized carbons (Fsp3) is 0.917. The van der Waals surface area contributed by atoms with Crippen molar-refractivity contribution in [3.05, 3.63) is 6.92 Å². The van der Waals surface area contributed by atoms with Gasteiger partial charge in [0, 0.05) is 0 Å². The third kappa shape index (κ3) is 8.10. The summed E-state index contributed by atoms with van der Waals surface area (Å²) in [5.41, 5.74) is 0. The van der Waals surface area contributed by atoms with Gasteiger partial charge in [-0.25, -0.2) is 0 Å². The van der Waals surface area contributed by atoms with Gasteiger partial charge in [-0.15, -0.1) is 0 Å². The molecule has 12 heavy (non-hydrogen) atoms. The highest BCUT2D eigenvalue weighted by Gasteiger charge is 1.99. The minimum Gasteiger partial charge on any atom is -0.0654 e. The largest absolute Gasteiger partial charge is 0.0654 e. The van der Waals surface area contributed by atoms with Crippen LogP contribution < -0.4 is 0 Å². The summed E-state index contributed by atoms with van der Waals surface area (Å²) >= 11 is 0. The number of hydrogen-bond donors (Lipinski definition) is 0. The van der Waals surface area contributed by atoms with Crippen LogP contribution >= 0.6 is 0 Å². The summed E-state index contributed by atoms with van der Waals surface area (Å²) in [5.74, 6) is 0.719. The first kappa shape index (κ1) is 12.0. The molecule has 0 saturated heterocycles. The molecule has 0 amide bonds. The fourth-order valence-corrected chi connectivity index (χ4v) is 1.59. The van der Waals surface area contributed by atoms with E-state index in [1.54, 1.807) is 0 Å². The predicted octanol–water partition coefficient (Wildman–Crippen LogP) is 4.60. The Morgan fingerprint density at radius 3 is 2.08 bits per heavy atom. The summed E-state index contributed by atoms with van der Waals surface area (Å²) in [5, 5.41) is 0. The molecule has 0 heteroatoms. The highest BCUT2D eigenvalue weighted by molar-refractivity contribution is 4.60. The van der Waals surface area contributed by atoms with Crippen LogP contribution in [0, 0.1) is 12.8 Å². The van der Waals surface area contributed by atoms with Crippen molar-refractivity contribution in [1.29, 1.82) is 0 Å². The van der Waals surface area contributed by atoms with Crippen LogP contribution in [0.3, 0.4) is 0 Å². The van der Waals surface area contributed by atoms with E-state index in [0.717, 1.165) is 5.92 Å². The lowest BCUT2D eigenvalue weighted by Gasteiger charge is -2.08. The van der Waals surface area contributed by atoms with Gasteiger partial charge in [-0.2, -0.15) is 0 Å². The molecule has 0 N–H and O–H groups in total. The molecule has 1 unspecified atom stereocenters. The molecule has 73 valence electrons. The van der Waals surface area contributed by atoms with Crippen molar-refractivity contribution in [2.75, 3.05) is 0 Å². The first-order valence-corrected chi connectivity index (χ1v) is 5.64. The Morgan fingerprint density at radius 2 is 1.50 bits per heavy atom. The van der Waals surface area contributed by atoms with Crippen molar-refractivity contribution in [3.63, 3.8) is 0 Å². The Labute approximate surface area is 78.8 Å². The Morgan fingerprint density at radius 1 is 0.833 bits per heavy atom. The van der Waals surface area contributed by atoms with E-state index in [9.17, 15) is 0 Å². The Balaban J connectivity index is 2.97. The zero-order valence-corrected chi connectivity index (χ0v) is 8.94. The van der Waals surface area contributed by atoms with E-state index in [1.807, 2.05) is 0 Å². The van der Waals surface area contributed by atoms with E-state index in [0.29, 0.717) is 0 Å². The van der Waals surface area contributed by atoms with E-state index in [2.05, 4.69) is 20.8 Å². The van der Waals surface area contributed by atoms with Crippen molar-refractivity contribution < 1.29 is 0 Å². The summed E-state index contributed by atoms with van der Waals surface area (Å²) in [4.78, 5) is 0. The van der Waals surface area contributed by atoms with Gasteiger partial charge in [0.2, 0.25) is 0 Å². The lowest BCUT2D eigenvalue weighted by molar-refractivity contribution is 0.489. The molecular formula is C12H25. The van der Waals surface area contributed by atoms with Gasteiger partial charge in [0.25, 0.3) is 0 Å². The molecule has 0 spiro atoms. The van der Waals surface area contributed by atoms with Gasteiger partial charge in [-0.05, 0) is 5.92 Å². The highest BCUT2D eigenvalue weighted by Crippen LogP contribution is 2.14. The Hall–Kier alpha value is 0. The second-order valence-corrected chi connectivity index (χ2v) is 3.86. The first-order chi connectivity index (χ1) is 5.81. The quantitative estimate of drug-likeness (QED) is 0.466. The maximum Gasteiger partial charge on any atom is -0.0414 e. The molecule has 0 bridgehead atoms. The molecule has 0 saturated carbocycles. The van der Waals surface area contributed by atoms with Gasteiger partial charge in [-0.3, -0.25) is 0 Å². The van der Waals surface area contributed by atoms with Crippen LogP contribution in [0.25, 0.3) is 0 Å². The molecule has 0 aromatic heterocycles. The minimum atomic E-state index is 0.719. The van der Waals surface area contributed by atoms with Crippen LogP contribution in [0.15, 0.2) is 0 Å². The third-order valence-corrected chi connectivity index (χ3v) is 2.41. The van der Waals surface area contributed by atoms with Crippen molar-refractivity contribution >= 4 is 0 Å². The molecule has 0 heterocycles. The molecule has 0 nitrogen and oxygen atoms in total. The van der Waals surface area contributed by atoms with E-state index in [-0.39, 0.29) is 0 Å². The average Bonchev–Trinajstić information content (AvgIpc) is 2.05. The van der Waals surface area contributed by atoms with Gasteiger partial charge in [-0.1, -0.05) is 72.1 Å². The molecular weight excluding hydrogens is 144 g/mol. The molecule has 0 aromatic rings. The monoisotopic (exact) mass is 169 g/mol. The van der Waals surface area contributed by atoms with E-state index < -0.39 is 0 Å². The molecule has 1 atom stereocenters. The van der Waals surface area contributed by atoms with Crippen molar-refractivity contribution in [2.24, 2.45) is 5.92 Å². The van der Waals surface area contributed by atoms with Crippen LogP contribution in [-0.2, 0) is 0 Å². The van der Waals surface area contributed by atoms with Crippen LogP contribution in [0.4, 0.5) is 0 Å².